The molecule has 4 rings (SSSR count). The molecule has 13 heteroatoms. The highest BCUT2D eigenvalue weighted by Crippen LogP contribution is 2.39. The highest BCUT2D eigenvalue weighted by Gasteiger charge is 2.40. The lowest BCUT2D eigenvalue weighted by atomic mass is 10.1. The Hall–Kier alpha value is -3.08. The second kappa shape index (κ2) is 8.69. The minimum atomic E-state index is -5.00. The van der Waals surface area contributed by atoms with Crippen molar-refractivity contribution in [1.29, 1.82) is 0 Å². The van der Waals surface area contributed by atoms with Gasteiger partial charge >= 0.3 is 13.9 Å². The molecule has 0 bridgehead atoms. The normalized spacial score (nSPS) is 16.6. The molecule has 9 nitrogen and oxygen atoms in total. The van der Waals surface area contributed by atoms with Gasteiger partial charge in [-0.15, -0.1) is 0 Å². The van der Waals surface area contributed by atoms with Crippen molar-refractivity contribution in [3.8, 4) is 0 Å². The first-order valence-electron chi connectivity index (χ1n) is 9.31. The van der Waals surface area contributed by atoms with Gasteiger partial charge in [0.1, 0.15) is 5.70 Å². The SMILES string of the molecule is O=C1N/C(=C\c2c[nH]c3cc(Cl)ccc23)C(=O)N1C(COP(=O)(O)O)c1ccc(F)c(F)c1. The summed E-state index contributed by atoms with van der Waals surface area (Å²) in [7, 11) is -5.00. The first-order valence-corrected chi connectivity index (χ1v) is 11.2. The van der Waals surface area contributed by atoms with Crippen molar-refractivity contribution < 1.29 is 37.2 Å². The summed E-state index contributed by atoms with van der Waals surface area (Å²) in [6.45, 7) is -0.854. The summed E-state index contributed by atoms with van der Waals surface area (Å²) in [5.41, 5.74) is 1.01. The van der Waals surface area contributed by atoms with Gasteiger partial charge in [0.15, 0.2) is 11.6 Å². The summed E-state index contributed by atoms with van der Waals surface area (Å²) in [5, 5.41) is 3.60. The third-order valence-corrected chi connectivity index (χ3v) is 5.65. The number of urea groups is 1. The van der Waals surface area contributed by atoms with E-state index in [1.54, 1.807) is 24.4 Å². The van der Waals surface area contributed by atoms with E-state index in [1.165, 1.54) is 6.08 Å². The predicted molar refractivity (Wildman–Crippen MR) is 114 cm³/mol. The Morgan fingerprint density at radius 1 is 1.15 bits per heavy atom. The van der Waals surface area contributed by atoms with Crippen molar-refractivity contribution >= 4 is 48.3 Å². The Labute approximate surface area is 189 Å². The first-order chi connectivity index (χ1) is 15.5. The number of nitrogens with one attached hydrogen (secondary N) is 2. The quantitative estimate of drug-likeness (QED) is 0.232. The van der Waals surface area contributed by atoms with Crippen LogP contribution in [0.5, 0.6) is 0 Å². The number of phosphoric ester groups is 1. The van der Waals surface area contributed by atoms with Gasteiger partial charge in [-0.2, -0.15) is 0 Å². The number of benzene rings is 2. The fourth-order valence-corrected chi connectivity index (χ4v) is 3.94. The molecular formula is C20H15ClF2N3O6P. The Morgan fingerprint density at radius 2 is 1.91 bits per heavy atom. The molecule has 0 saturated carbocycles. The third kappa shape index (κ3) is 4.82. The number of aromatic amines is 1. The van der Waals surface area contributed by atoms with Gasteiger partial charge in [0.05, 0.1) is 12.6 Å². The number of fused-ring (bicyclic) bond motifs is 1. The van der Waals surface area contributed by atoms with Crippen molar-refractivity contribution in [3.63, 3.8) is 0 Å². The van der Waals surface area contributed by atoms with E-state index in [2.05, 4.69) is 14.8 Å². The van der Waals surface area contributed by atoms with Gasteiger partial charge in [-0.05, 0) is 35.9 Å². The molecular weight excluding hydrogens is 483 g/mol. The summed E-state index contributed by atoms with van der Waals surface area (Å²) in [6, 6.07) is 5.23. The van der Waals surface area contributed by atoms with E-state index in [9.17, 15) is 22.9 Å². The van der Waals surface area contributed by atoms with Crippen molar-refractivity contribution in [1.82, 2.24) is 15.2 Å². The second-order valence-electron chi connectivity index (χ2n) is 7.07. The van der Waals surface area contributed by atoms with Gasteiger partial charge in [0.2, 0.25) is 0 Å². The van der Waals surface area contributed by atoms with Gasteiger partial charge in [0.25, 0.3) is 5.91 Å². The lowest BCUT2D eigenvalue weighted by Crippen LogP contribution is -2.37. The molecule has 3 amide bonds. The molecule has 1 saturated heterocycles. The highest BCUT2D eigenvalue weighted by molar-refractivity contribution is 7.46. The van der Waals surface area contributed by atoms with E-state index in [1.807, 2.05) is 0 Å². The number of hydrogen-bond donors (Lipinski definition) is 4. The number of carbonyl (C=O) groups excluding carboxylic acids is 2. The van der Waals surface area contributed by atoms with Crippen molar-refractivity contribution in [2.45, 2.75) is 6.04 Å². The number of phosphoric acid groups is 1. The second-order valence-corrected chi connectivity index (χ2v) is 8.75. The van der Waals surface area contributed by atoms with Gasteiger partial charge < -0.3 is 20.1 Å². The molecule has 3 aromatic rings. The van der Waals surface area contributed by atoms with Crippen LogP contribution in [0.15, 0.2) is 48.3 Å². The fraction of sp³-hybridized carbons (Fsp3) is 0.100. The maximum absolute atomic E-state index is 13.8. The lowest BCUT2D eigenvalue weighted by Gasteiger charge is -2.25. The highest BCUT2D eigenvalue weighted by atomic mass is 35.5. The monoisotopic (exact) mass is 497 g/mol. The van der Waals surface area contributed by atoms with E-state index in [0.29, 0.717) is 27.1 Å². The lowest BCUT2D eigenvalue weighted by molar-refractivity contribution is -0.125. The molecule has 0 spiro atoms. The van der Waals surface area contributed by atoms with Gasteiger partial charge in [-0.3, -0.25) is 9.32 Å². The number of hydrogen-bond acceptors (Lipinski definition) is 4. The van der Waals surface area contributed by atoms with E-state index < -0.39 is 44.0 Å². The standard InChI is InChI=1S/C20H15ClF2N3O6P/c21-12-2-3-13-11(8-24-16(13)7-12)6-17-19(27)26(20(28)25-17)18(9-32-33(29,30)31)10-1-4-14(22)15(23)5-10/h1-8,18,24H,9H2,(H,25,28)(H2,29,30,31)/b17-6-. The van der Waals surface area contributed by atoms with E-state index in [0.717, 1.165) is 17.5 Å². The van der Waals surface area contributed by atoms with Crippen molar-refractivity contribution in [2.75, 3.05) is 6.61 Å². The van der Waals surface area contributed by atoms with Crippen LogP contribution >= 0.6 is 19.4 Å². The Morgan fingerprint density at radius 3 is 2.61 bits per heavy atom. The molecule has 0 aliphatic carbocycles. The zero-order chi connectivity index (χ0) is 23.9. The third-order valence-electron chi connectivity index (χ3n) is 4.93. The summed E-state index contributed by atoms with van der Waals surface area (Å²) >= 11 is 5.96. The molecule has 2 aromatic carbocycles. The largest absolute Gasteiger partial charge is 0.469 e. The van der Waals surface area contributed by atoms with E-state index in [-0.39, 0.29) is 11.3 Å². The van der Waals surface area contributed by atoms with Crippen LogP contribution in [0.3, 0.4) is 0 Å². The molecule has 0 radical (unpaired) electrons. The average molecular weight is 498 g/mol. The number of imide groups is 1. The molecule has 1 unspecified atom stereocenters. The molecule has 1 aromatic heterocycles. The fourth-order valence-electron chi connectivity index (χ4n) is 3.43. The number of halogens is 3. The summed E-state index contributed by atoms with van der Waals surface area (Å²) in [5.74, 6) is -3.30. The van der Waals surface area contributed by atoms with Crippen LogP contribution in [0, 0.1) is 11.6 Å². The smallest absolute Gasteiger partial charge is 0.361 e. The number of nitrogens with zero attached hydrogens (tertiary/aromatic N) is 1. The summed E-state index contributed by atoms with van der Waals surface area (Å²) in [6.07, 6.45) is 3.00. The van der Waals surface area contributed by atoms with Crippen LogP contribution in [0.1, 0.15) is 17.2 Å². The molecule has 1 aliphatic heterocycles. The van der Waals surface area contributed by atoms with Crippen LogP contribution in [-0.4, -0.2) is 38.2 Å². The van der Waals surface area contributed by atoms with Crippen LogP contribution in [-0.2, 0) is 13.9 Å². The topological polar surface area (TPSA) is 132 Å². The maximum Gasteiger partial charge on any atom is 0.469 e. The van der Waals surface area contributed by atoms with Crippen molar-refractivity contribution in [3.05, 3.63) is 76.1 Å². The minimum absolute atomic E-state index is 0.103. The van der Waals surface area contributed by atoms with Gasteiger partial charge in [0, 0.05) is 27.7 Å². The molecule has 1 atom stereocenters. The number of H-pyrrole nitrogens is 1. The average Bonchev–Trinajstić information content (AvgIpc) is 3.25. The van der Waals surface area contributed by atoms with Crippen LogP contribution in [0.2, 0.25) is 5.02 Å². The zero-order valence-corrected chi connectivity index (χ0v) is 18.1. The molecule has 2 heterocycles. The number of rotatable bonds is 6. The number of carbonyl (C=O) groups is 2. The van der Waals surface area contributed by atoms with Crippen LogP contribution in [0.4, 0.5) is 13.6 Å². The minimum Gasteiger partial charge on any atom is -0.361 e. The zero-order valence-electron chi connectivity index (χ0n) is 16.5. The molecule has 1 aliphatic rings. The van der Waals surface area contributed by atoms with Crippen LogP contribution < -0.4 is 5.32 Å². The summed E-state index contributed by atoms with van der Waals surface area (Å²) < 4.78 is 42.9. The van der Waals surface area contributed by atoms with Gasteiger partial charge in [-0.1, -0.05) is 23.7 Å². The predicted octanol–water partition coefficient (Wildman–Crippen LogP) is 3.84. The van der Waals surface area contributed by atoms with Gasteiger partial charge in [-0.25, -0.2) is 23.0 Å². The molecule has 4 N–H and O–H groups in total. The number of aromatic nitrogens is 1. The Balaban J connectivity index is 1.70. The molecule has 172 valence electrons. The Bertz CT molecular complexity index is 1350. The molecule has 33 heavy (non-hydrogen) atoms. The van der Waals surface area contributed by atoms with Crippen molar-refractivity contribution in [2.24, 2.45) is 0 Å². The van der Waals surface area contributed by atoms with Crippen LogP contribution in [0.25, 0.3) is 17.0 Å². The van der Waals surface area contributed by atoms with E-state index in [4.69, 9.17) is 21.4 Å². The Kier molecular flexibility index (Phi) is 6.08. The summed E-state index contributed by atoms with van der Waals surface area (Å²) in [4.78, 5) is 47.4. The molecule has 1 fully saturated rings. The first kappa shape index (κ1) is 23.1. The van der Waals surface area contributed by atoms with E-state index >= 15 is 0 Å². The maximum atomic E-state index is 13.8. The number of amides is 3.